The molecule has 2 aromatic rings. The number of nitrogens with two attached hydrogens (primary N) is 1. The SMILES string of the molecule is CCCC1CCN(c2nc(N)nc3sc(C)cc23)C1. The van der Waals surface area contributed by atoms with Crippen molar-refractivity contribution >= 4 is 33.3 Å². The molecule has 0 aromatic carbocycles. The van der Waals surface area contributed by atoms with Crippen molar-refractivity contribution in [1.82, 2.24) is 9.97 Å². The highest BCUT2D eigenvalue weighted by Crippen LogP contribution is 2.34. The normalized spacial score (nSPS) is 19.5. The Balaban J connectivity index is 1.96. The zero-order valence-electron chi connectivity index (χ0n) is 11.5. The quantitative estimate of drug-likeness (QED) is 0.935. The molecule has 1 aliphatic heterocycles. The van der Waals surface area contributed by atoms with E-state index in [1.54, 1.807) is 11.3 Å². The number of hydrogen-bond acceptors (Lipinski definition) is 5. The maximum atomic E-state index is 5.85. The van der Waals surface area contributed by atoms with E-state index >= 15 is 0 Å². The third-order valence-electron chi connectivity index (χ3n) is 3.80. The fraction of sp³-hybridized carbons (Fsp3) is 0.571. The summed E-state index contributed by atoms with van der Waals surface area (Å²) in [5, 5.41) is 1.16. The maximum Gasteiger partial charge on any atom is 0.223 e. The second-order valence-electron chi connectivity index (χ2n) is 5.37. The van der Waals surface area contributed by atoms with Gasteiger partial charge in [0.15, 0.2) is 0 Å². The number of aryl methyl sites for hydroxylation is 1. The van der Waals surface area contributed by atoms with Crippen molar-refractivity contribution < 1.29 is 0 Å². The molecule has 19 heavy (non-hydrogen) atoms. The van der Waals surface area contributed by atoms with Crippen LogP contribution in [0.2, 0.25) is 0 Å². The predicted molar refractivity (Wildman–Crippen MR) is 81.8 cm³/mol. The molecule has 1 saturated heterocycles. The molecule has 2 N–H and O–H groups in total. The van der Waals surface area contributed by atoms with Crippen LogP contribution in [0.5, 0.6) is 0 Å². The maximum absolute atomic E-state index is 5.85. The minimum absolute atomic E-state index is 0.392. The standard InChI is InChI=1S/C14H20N4S/c1-3-4-10-5-6-18(8-10)12-11-7-9(2)19-13(11)17-14(15)16-12/h7,10H,3-6,8H2,1-2H3,(H2,15,16,17). The summed E-state index contributed by atoms with van der Waals surface area (Å²) in [6.07, 6.45) is 3.84. The summed E-state index contributed by atoms with van der Waals surface area (Å²) >= 11 is 1.69. The lowest BCUT2D eigenvalue weighted by atomic mass is 10.0. The molecule has 1 atom stereocenters. The lowest BCUT2D eigenvalue weighted by molar-refractivity contribution is 0.529. The molecule has 4 nitrogen and oxygen atoms in total. The van der Waals surface area contributed by atoms with Crippen molar-refractivity contribution in [3.05, 3.63) is 10.9 Å². The van der Waals surface area contributed by atoms with E-state index < -0.39 is 0 Å². The summed E-state index contributed by atoms with van der Waals surface area (Å²) in [6.45, 7) is 6.56. The summed E-state index contributed by atoms with van der Waals surface area (Å²) in [5.74, 6) is 2.23. The molecule has 3 rings (SSSR count). The van der Waals surface area contributed by atoms with Crippen LogP contribution in [0.3, 0.4) is 0 Å². The summed E-state index contributed by atoms with van der Waals surface area (Å²) < 4.78 is 0. The number of fused-ring (bicyclic) bond motifs is 1. The second kappa shape index (κ2) is 4.96. The van der Waals surface area contributed by atoms with Gasteiger partial charge < -0.3 is 10.6 Å². The van der Waals surface area contributed by atoms with Gasteiger partial charge in [-0.2, -0.15) is 4.98 Å². The van der Waals surface area contributed by atoms with Crippen LogP contribution in [0, 0.1) is 12.8 Å². The Bertz CT molecular complexity index is 592. The smallest absolute Gasteiger partial charge is 0.223 e. The molecular formula is C14H20N4S. The van der Waals surface area contributed by atoms with Crippen molar-refractivity contribution in [2.24, 2.45) is 5.92 Å². The van der Waals surface area contributed by atoms with Crippen molar-refractivity contribution in [1.29, 1.82) is 0 Å². The summed E-state index contributed by atoms with van der Waals surface area (Å²) in [5.41, 5.74) is 5.85. The average molecular weight is 276 g/mol. The number of hydrogen-bond donors (Lipinski definition) is 1. The van der Waals surface area contributed by atoms with Gasteiger partial charge in [-0.05, 0) is 31.7 Å². The van der Waals surface area contributed by atoms with Gasteiger partial charge in [-0.1, -0.05) is 13.3 Å². The van der Waals surface area contributed by atoms with Crippen LogP contribution >= 0.6 is 11.3 Å². The molecule has 102 valence electrons. The highest BCUT2D eigenvalue weighted by molar-refractivity contribution is 7.18. The van der Waals surface area contributed by atoms with Gasteiger partial charge in [0.05, 0.1) is 5.39 Å². The molecule has 0 radical (unpaired) electrons. The fourth-order valence-electron chi connectivity index (χ4n) is 2.95. The number of nitrogens with zero attached hydrogens (tertiary/aromatic N) is 3. The lowest BCUT2D eigenvalue weighted by Gasteiger charge is -2.18. The third kappa shape index (κ3) is 2.39. The minimum Gasteiger partial charge on any atom is -0.368 e. The second-order valence-corrected chi connectivity index (χ2v) is 6.61. The Morgan fingerprint density at radius 1 is 1.47 bits per heavy atom. The molecular weight excluding hydrogens is 256 g/mol. The third-order valence-corrected chi connectivity index (χ3v) is 4.74. The van der Waals surface area contributed by atoms with Crippen LogP contribution < -0.4 is 10.6 Å². The topological polar surface area (TPSA) is 55.0 Å². The van der Waals surface area contributed by atoms with E-state index in [1.807, 2.05) is 0 Å². The number of anilines is 2. The van der Waals surface area contributed by atoms with E-state index in [9.17, 15) is 0 Å². The van der Waals surface area contributed by atoms with Crippen molar-refractivity contribution in [2.45, 2.75) is 33.1 Å². The Kier molecular flexibility index (Phi) is 3.31. The van der Waals surface area contributed by atoms with Gasteiger partial charge in [-0.3, -0.25) is 0 Å². The van der Waals surface area contributed by atoms with Crippen molar-refractivity contribution in [2.75, 3.05) is 23.7 Å². The first-order valence-electron chi connectivity index (χ1n) is 6.96. The van der Waals surface area contributed by atoms with Gasteiger partial charge in [0, 0.05) is 18.0 Å². The molecule has 0 amide bonds. The highest BCUT2D eigenvalue weighted by Gasteiger charge is 2.25. The largest absolute Gasteiger partial charge is 0.368 e. The van der Waals surface area contributed by atoms with Crippen LogP contribution in [0.1, 0.15) is 31.1 Å². The molecule has 5 heteroatoms. The highest BCUT2D eigenvalue weighted by atomic mass is 32.1. The van der Waals surface area contributed by atoms with E-state index in [0.29, 0.717) is 5.95 Å². The van der Waals surface area contributed by atoms with Crippen LogP contribution in [0.4, 0.5) is 11.8 Å². The van der Waals surface area contributed by atoms with Gasteiger partial charge in [-0.15, -0.1) is 11.3 Å². The number of aromatic nitrogens is 2. The molecule has 2 aromatic heterocycles. The molecule has 0 aliphatic carbocycles. The zero-order chi connectivity index (χ0) is 13.4. The average Bonchev–Trinajstić information content (AvgIpc) is 2.94. The first-order valence-corrected chi connectivity index (χ1v) is 7.77. The molecule has 1 fully saturated rings. The van der Waals surface area contributed by atoms with Gasteiger partial charge >= 0.3 is 0 Å². The monoisotopic (exact) mass is 276 g/mol. The van der Waals surface area contributed by atoms with E-state index in [1.165, 1.54) is 24.1 Å². The first-order chi connectivity index (χ1) is 9.17. The van der Waals surface area contributed by atoms with Crippen molar-refractivity contribution in [3.63, 3.8) is 0 Å². The van der Waals surface area contributed by atoms with Crippen LogP contribution in [0.15, 0.2) is 6.07 Å². The Morgan fingerprint density at radius 3 is 3.11 bits per heavy atom. The number of nitrogen functional groups attached to an aromatic ring is 1. The summed E-state index contributed by atoms with van der Waals surface area (Å²) in [4.78, 5) is 13.5. The zero-order valence-corrected chi connectivity index (χ0v) is 12.3. The molecule has 0 spiro atoms. The van der Waals surface area contributed by atoms with E-state index in [-0.39, 0.29) is 0 Å². The summed E-state index contributed by atoms with van der Waals surface area (Å²) in [6, 6.07) is 2.18. The fourth-order valence-corrected chi connectivity index (χ4v) is 3.83. The Labute approximate surface area is 117 Å². The molecule has 3 heterocycles. The van der Waals surface area contributed by atoms with Crippen LogP contribution in [0.25, 0.3) is 10.2 Å². The molecule has 1 unspecified atom stereocenters. The van der Waals surface area contributed by atoms with Gasteiger partial charge in [0.1, 0.15) is 10.6 Å². The van der Waals surface area contributed by atoms with E-state index in [0.717, 1.165) is 35.0 Å². The molecule has 1 aliphatic rings. The van der Waals surface area contributed by atoms with Gasteiger partial charge in [-0.25, -0.2) is 4.98 Å². The minimum atomic E-state index is 0.392. The molecule has 0 saturated carbocycles. The Hall–Kier alpha value is -1.36. The van der Waals surface area contributed by atoms with E-state index in [4.69, 9.17) is 5.73 Å². The lowest BCUT2D eigenvalue weighted by Crippen LogP contribution is -2.21. The Morgan fingerprint density at radius 2 is 2.32 bits per heavy atom. The molecule has 0 bridgehead atoms. The van der Waals surface area contributed by atoms with Gasteiger partial charge in [0.2, 0.25) is 5.95 Å². The van der Waals surface area contributed by atoms with Crippen LogP contribution in [-0.2, 0) is 0 Å². The van der Waals surface area contributed by atoms with Crippen molar-refractivity contribution in [3.8, 4) is 0 Å². The van der Waals surface area contributed by atoms with Gasteiger partial charge in [0.25, 0.3) is 0 Å². The van der Waals surface area contributed by atoms with E-state index in [2.05, 4.69) is 34.8 Å². The number of rotatable bonds is 3. The number of thiophene rings is 1. The summed E-state index contributed by atoms with van der Waals surface area (Å²) in [7, 11) is 0. The first kappa shape index (κ1) is 12.7. The van der Waals surface area contributed by atoms with Crippen LogP contribution in [-0.4, -0.2) is 23.1 Å². The predicted octanol–water partition coefficient (Wildman–Crippen LogP) is 3.21.